The zero-order chi connectivity index (χ0) is 14.0. The summed E-state index contributed by atoms with van der Waals surface area (Å²) in [5.74, 6) is 0.536. The lowest BCUT2D eigenvalue weighted by molar-refractivity contribution is -0.125. The number of carbonyl (C=O) groups excluding carboxylic acids is 2. The summed E-state index contributed by atoms with van der Waals surface area (Å²) in [4.78, 5) is 24.9. The van der Waals surface area contributed by atoms with Crippen LogP contribution >= 0.6 is 0 Å². The highest BCUT2D eigenvalue weighted by atomic mass is 16.5. The van der Waals surface area contributed by atoms with Crippen LogP contribution in [0.5, 0.6) is 5.75 Å². The van der Waals surface area contributed by atoms with Crippen molar-refractivity contribution in [2.24, 2.45) is 0 Å². The van der Waals surface area contributed by atoms with Gasteiger partial charge in [0.25, 0.3) is 5.91 Å². The molecule has 1 aliphatic rings. The molecule has 5 nitrogen and oxygen atoms in total. The molecule has 0 spiro atoms. The van der Waals surface area contributed by atoms with Crippen LogP contribution in [0.25, 0.3) is 0 Å². The van der Waals surface area contributed by atoms with Gasteiger partial charge in [-0.1, -0.05) is 6.92 Å². The molecule has 0 radical (unpaired) electrons. The van der Waals surface area contributed by atoms with Gasteiger partial charge in [0.15, 0.2) is 6.10 Å². The number of anilines is 2. The summed E-state index contributed by atoms with van der Waals surface area (Å²) in [5.41, 5.74) is 1.35. The number of hydrogen-bond donors (Lipinski definition) is 1. The van der Waals surface area contributed by atoms with E-state index in [1.165, 1.54) is 0 Å². The van der Waals surface area contributed by atoms with Crippen LogP contribution in [0.15, 0.2) is 18.2 Å². The number of ether oxygens (including phenoxy) is 1. The Bertz CT molecular complexity index is 513. The van der Waals surface area contributed by atoms with E-state index in [0.29, 0.717) is 23.5 Å². The number of rotatable bonds is 3. The van der Waals surface area contributed by atoms with E-state index in [2.05, 4.69) is 5.32 Å². The van der Waals surface area contributed by atoms with Gasteiger partial charge in [-0.05, 0) is 31.5 Å². The van der Waals surface area contributed by atoms with E-state index >= 15 is 0 Å². The molecule has 1 aromatic carbocycles. The van der Waals surface area contributed by atoms with Crippen molar-refractivity contribution in [2.45, 2.75) is 32.8 Å². The monoisotopic (exact) mass is 262 g/mol. The van der Waals surface area contributed by atoms with Crippen molar-refractivity contribution < 1.29 is 14.3 Å². The first-order chi connectivity index (χ1) is 9.02. The van der Waals surface area contributed by atoms with Gasteiger partial charge >= 0.3 is 0 Å². The fraction of sp³-hybridized carbons (Fsp3) is 0.429. The summed E-state index contributed by atoms with van der Waals surface area (Å²) >= 11 is 0. The Morgan fingerprint density at radius 1 is 1.47 bits per heavy atom. The SMILES string of the molecule is CCCC(=O)Nc1ccc2c(c1)N(C)C(=O)C(C)O2. The lowest BCUT2D eigenvalue weighted by atomic mass is 10.2. The van der Waals surface area contributed by atoms with E-state index in [4.69, 9.17) is 4.74 Å². The molecule has 0 bridgehead atoms. The second-order valence-electron chi connectivity index (χ2n) is 4.64. The van der Waals surface area contributed by atoms with Gasteiger partial charge in [-0.3, -0.25) is 9.59 Å². The predicted molar refractivity (Wildman–Crippen MR) is 73.5 cm³/mol. The van der Waals surface area contributed by atoms with E-state index in [9.17, 15) is 9.59 Å². The van der Waals surface area contributed by atoms with Gasteiger partial charge in [0.2, 0.25) is 5.91 Å². The maximum Gasteiger partial charge on any atom is 0.267 e. The lowest BCUT2D eigenvalue weighted by Crippen LogP contribution is -2.41. The summed E-state index contributed by atoms with van der Waals surface area (Å²) in [6.07, 6.45) is 0.813. The summed E-state index contributed by atoms with van der Waals surface area (Å²) in [6.45, 7) is 3.67. The van der Waals surface area contributed by atoms with Crippen LogP contribution in [0.4, 0.5) is 11.4 Å². The summed E-state index contributed by atoms with van der Waals surface area (Å²) in [6, 6.07) is 5.31. The topological polar surface area (TPSA) is 58.6 Å². The molecule has 1 N–H and O–H groups in total. The van der Waals surface area contributed by atoms with Crippen molar-refractivity contribution in [3.8, 4) is 5.75 Å². The molecule has 1 unspecified atom stereocenters. The van der Waals surface area contributed by atoms with Gasteiger partial charge in [0.1, 0.15) is 5.75 Å². The van der Waals surface area contributed by atoms with E-state index in [1.807, 2.05) is 6.92 Å². The largest absolute Gasteiger partial charge is 0.479 e. The van der Waals surface area contributed by atoms with Crippen LogP contribution in [0, 0.1) is 0 Å². The number of carbonyl (C=O) groups is 2. The smallest absolute Gasteiger partial charge is 0.267 e. The molecular formula is C14H18N2O3. The first-order valence-electron chi connectivity index (χ1n) is 6.41. The Kier molecular flexibility index (Phi) is 3.74. The van der Waals surface area contributed by atoms with E-state index < -0.39 is 6.10 Å². The molecule has 0 fully saturated rings. The number of fused-ring (bicyclic) bond motifs is 1. The second kappa shape index (κ2) is 5.30. The molecule has 0 aliphatic carbocycles. The molecule has 5 heteroatoms. The summed E-state index contributed by atoms with van der Waals surface area (Å²) < 4.78 is 5.52. The first kappa shape index (κ1) is 13.4. The Hall–Kier alpha value is -2.04. The van der Waals surface area contributed by atoms with Crippen LogP contribution in [0.1, 0.15) is 26.7 Å². The minimum absolute atomic E-state index is 0.0264. The summed E-state index contributed by atoms with van der Waals surface area (Å²) in [7, 11) is 1.71. The molecule has 1 aliphatic heterocycles. The average molecular weight is 262 g/mol. The van der Waals surface area contributed by atoms with Crippen molar-refractivity contribution in [2.75, 3.05) is 17.3 Å². The van der Waals surface area contributed by atoms with Gasteiger partial charge in [0, 0.05) is 19.2 Å². The van der Waals surface area contributed by atoms with Crippen molar-refractivity contribution in [3.63, 3.8) is 0 Å². The highest BCUT2D eigenvalue weighted by molar-refractivity contribution is 6.00. The predicted octanol–water partition coefficient (Wildman–Crippen LogP) is 2.17. The molecule has 102 valence electrons. The van der Waals surface area contributed by atoms with Crippen molar-refractivity contribution >= 4 is 23.2 Å². The summed E-state index contributed by atoms with van der Waals surface area (Å²) in [5, 5.41) is 2.81. The molecule has 1 aromatic rings. The number of nitrogens with zero attached hydrogens (tertiary/aromatic N) is 1. The molecule has 0 saturated heterocycles. The van der Waals surface area contributed by atoms with Crippen LogP contribution in [-0.4, -0.2) is 25.0 Å². The molecule has 0 saturated carbocycles. The normalized spacial score (nSPS) is 17.7. The number of hydrogen-bond acceptors (Lipinski definition) is 3. The highest BCUT2D eigenvalue weighted by Crippen LogP contribution is 2.35. The Morgan fingerprint density at radius 2 is 2.21 bits per heavy atom. The maximum absolute atomic E-state index is 11.8. The fourth-order valence-corrected chi connectivity index (χ4v) is 2.04. The number of nitrogens with one attached hydrogen (secondary N) is 1. The molecular weight excluding hydrogens is 244 g/mol. The quantitative estimate of drug-likeness (QED) is 0.908. The lowest BCUT2D eigenvalue weighted by Gasteiger charge is -2.30. The molecule has 2 rings (SSSR count). The van der Waals surface area contributed by atoms with Crippen LogP contribution in [-0.2, 0) is 9.59 Å². The van der Waals surface area contributed by atoms with Crippen LogP contribution < -0.4 is 15.0 Å². The Balaban J connectivity index is 2.24. The number of likely N-dealkylation sites (N-methyl/N-ethyl adjacent to an activating group) is 1. The van der Waals surface area contributed by atoms with Crippen molar-refractivity contribution in [1.82, 2.24) is 0 Å². The third-order valence-corrected chi connectivity index (χ3v) is 3.06. The molecule has 1 heterocycles. The number of benzene rings is 1. The van der Waals surface area contributed by atoms with Crippen LogP contribution in [0.2, 0.25) is 0 Å². The standard InChI is InChI=1S/C14H18N2O3/c1-4-5-13(17)15-10-6-7-12-11(8-10)16(3)14(18)9(2)19-12/h6-9H,4-5H2,1-3H3,(H,15,17). The molecule has 2 amide bonds. The van der Waals surface area contributed by atoms with Gasteiger partial charge < -0.3 is 15.0 Å². The van der Waals surface area contributed by atoms with Crippen molar-refractivity contribution in [3.05, 3.63) is 18.2 Å². The van der Waals surface area contributed by atoms with Crippen molar-refractivity contribution in [1.29, 1.82) is 0 Å². The second-order valence-corrected chi connectivity index (χ2v) is 4.64. The minimum atomic E-state index is -0.474. The van der Waals surface area contributed by atoms with Crippen LogP contribution in [0.3, 0.4) is 0 Å². The zero-order valence-electron chi connectivity index (χ0n) is 11.4. The third kappa shape index (κ3) is 2.70. The maximum atomic E-state index is 11.8. The van der Waals surface area contributed by atoms with Gasteiger partial charge in [0.05, 0.1) is 5.69 Å². The Labute approximate surface area is 112 Å². The fourth-order valence-electron chi connectivity index (χ4n) is 2.04. The first-order valence-corrected chi connectivity index (χ1v) is 6.41. The molecule has 19 heavy (non-hydrogen) atoms. The van der Waals surface area contributed by atoms with E-state index in [1.54, 1.807) is 37.1 Å². The minimum Gasteiger partial charge on any atom is -0.479 e. The van der Waals surface area contributed by atoms with Gasteiger partial charge in [-0.15, -0.1) is 0 Å². The molecule has 0 aromatic heterocycles. The molecule has 1 atom stereocenters. The zero-order valence-corrected chi connectivity index (χ0v) is 11.4. The third-order valence-electron chi connectivity index (χ3n) is 3.06. The van der Waals surface area contributed by atoms with Gasteiger partial charge in [-0.25, -0.2) is 0 Å². The highest BCUT2D eigenvalue weighted by Gasteiger charge is 2.28. The van der Waals surface area contributed by atoms with E-state index in [0.717, 1.165) is 6.42 Å². The Morgan fingerprint density at radius 3 is 2.89 bits per heavy atom. The number of amides is 2. The average Bonchev–Trinajstić information content (AvgIpc) is 2.37. The van der Waals surface area contributed by atoms with Gasteiger partial charge in [-0.2, -0.15) is 0 Å². The van der Waals surface area contributed by atoms with E-state index in [-0.39, 0.29) is 11.8 Å².